The van der Waals surface area contributed by atoms with E-state index in [1.54, 1.807) is 20.3 Å². The fraction of sp³-hybridized carbons (Fsp3) is 0.167. The predicted octanol–water partition coefficient (Wildman–Crippen LogP) is 4.34. The molecule has 0 radical (unpaired) electrons. The van der Waals surface area contributed by atoms with Crippen molar-refractivity contribution < 1.29 is 9.47 Å². The molecule has 2 N–H and O–H groups in total. The zero-order chi connectivity index (χ0) is 18.5. The summed E-state index contributed by atoms with van der Waals surface area (Å²) in [5.41, 5.74) is 2.49. The van der Waals surface area contributed by atoms with Crippen LogP contribution in [0.2, 0.25) is 5.02 Å². The van der Waals surface area contributed by atoms with Crippen LogP contribution in [0.3, 0.4) is 0 Å². The third kappa shape index (κ3) is 4.12. The van der Waals surface area contributed by atoms with Crippen LogP contribution in [0.5, 0.6) is 11.5 Å². The second kappa shape index (κ2) is 7.88. The Kier molecular flexibility index (Phi) is 5.38. The SMILES string of the molecule is COc1ccc(Nc2nncc(Nc3cc(C)c(Cl)cc3OC)n2)cc1. The van der Waals surface area contributed by atoms with Crippen molar-refractivity contribution in [2.45, 2.75) is 6.92 Å². The van der Waals surface area contributed by atoms with Crippen LogP contribution in [0.1, 0.15) is 5.56 Å². The molecular weight excluding hydrogens is 354 g/mol. The van der Waals surface area contributed by atoms with Gasteiger partial charge in [0.05, 0.1) is 26.1 Å². The molecule has 0 saturated carbocycles. The topological polar surface area (TPSA) is 81.2 Å². The average Bonchev–Trinajstić information content (AvgIpc) is 2.65. The average molecular weight is 372 g/mol. The lowest BCUT2D eigenvalue weighted by Gasteiger charge is -2.13. The number of hydrogen-bond acceptors (Lipinski definition) is 7. The van der Waals surface area contributed by atoms with E-state index >= 15 is 0 Å². The number of aryl methyl sites for hydroxylation is 1. The number of hydrogen-bond donors (Lipinski definition) is 2. The summed E-state index contributed by atoms with van der Waals surface area (Å²) >= 11 is 6.14. The van der Waals surface area contributed by atoms with Gasteiger partial charge in [-0.1, -0.05) is 11.6 Å². The summed E-state index contributed by atoms with van der Waals surface area (Å²) in [6, 6.07) is 11.1. The van der Waals surface area contributed by atoms with Gasteiger partial charge in [-0.25, -0.2) is 0 Å². The lowest BCUT2D eigenvalue weighted by molar-refractivity contribution is 0.415. The van der Waals surface area contributed by atoms with E-state index in [-0.39, 0.29) is 0 Å². The molecule has 0 fully saturated rings. The normalized spacial score (nSPS) is 10.3. The second-order valence-corrected chi connectivity index (χ2v) is 5.85. The van der Waals surface area contributed by atoms with Gasteiger partial charge in [0.15, 0.2) is 5.82 Å². The molecule has 1 heterocycles. The highest BCUT2D eigenvalue weighted by atomic mass is 35.5. The zero-order valence-corrected chi connectivity index (χ0v) is 15.3. The van der Waals surface area contributed by atoms with Crippen molar-refractivity contribution in [2.24, 2.45) is 0 Å². The minimum Gasteiger partial charge on any atom is -0.497 e. The summed E-state index contributed by atoms with van der Waals surface area (Å²) in [7, 11) is 3.21. The molecule has 0 amide bonds. The van der Waals surface area contributed by atoms with Gasteiger partial charge in [-0.05, 0) is 42.8 Å². The maximum atomic E-state index is 6.14. The molecule has 26 heavy (non-hydrogen) atoms. The number of benzene rings is 2. The Morgan fingerprint density at radius 3 is 2.46 bits per heavy atom. The Labute approximate surface area is 156 Å². The molecule has 1 aromatic heterocycles. The molecule has 0 saturated heterocycles. The minimum absolute atomic E-state index is 0.366. The van der Waals surface area contributed by atoms with Crippen LogP contribution in [-0.4, -0.2) is 29.4 Å². The lowest BCUT2D eigenvalue weighted by Crippen LogP contribution is -2.03. The molecular formula is C18H18ClN5O2. The highest BCUT2D eigenvalue weighted by Crippen LogP contribution is 2.32. The van der Waals surface area contributed by atoms with Crippen molar-refractivity contribution in [3.63, 3.8) is 0 Å². The number of aromatic nitrogens is 3. The van der Waals surface area contributed by atoms with E-state index in [2.05, 4.69) is 25.8 Å². The molecule has 0 bridgehead atoms. The van der Waals surface area contributed by atoms with E-state index < -0.39 is 0 Å². The van der Waals surface area contributed by atoms with Crippen molar-refractivity contribution >= 4 is 34.7 Å². The summed E-state index contributed by atoms with van der Waals surface area (Å²) in [5, 5.41) is 14.9. The van der Waals surface area contributed by atoms with Gasteiger partial charge >= 0.3 is 0 Å². The Morgan fingerprint density at radius 2 is 1.77 bits per heavy atom. The first-order chi connectivity index (χ1) is 12.6. The Bertz CT molecular complexity index is 903. The maximum absolute atomic E-state index is 6.14. The first-order valence-electron chi connectivity index (χ1n) is 7.81. The lowest BCUT2D eigenvalue weighted by atomic mass is 10.2. The van der Waals surface area contributed by atoms with Gasteiger partial charge in [0, 0.05) is 16.8 Å². The highest BCUT2D eigenvalue weighted by molar-refractivity contribution is 6.31. The number of methoxy groups -OCH3 is 2. The van der Waals surface area contributed by atoms with E-state index in [1.165, 1.54) is 6.20 Å². The number of nitrogens with one attached hydrogen (secondary N) is 2. The molecule has 2 aromatic carbocycles. The van der Waals surface area contributed by atoms with E-state index in [9.17, 15) is 0 Å². The van der Waals surface area contributed by atoms with Crippen molar-refractivity contribution in [1.82, 2.24) is 15.2 Å². The molecule has 0 aliphatic carbocycles. The molecule has 0 unspecified atom stereocenters. The zero-order valence-electron chi connectivity index (χ0n) is 14.6. The van der Waals surface area contributed by atoms with Crippen LogP contribution in [0, 0.1) is 6.92 Å². The molecule has 3 aromatic rings. The molecule has 3 rings (SSSR count). The van der Waals surface area contributed by atoms with Crippen LogP contribution in [0.25, 0.3) is 0 Å². The molecule has 0 atom stereocenters. The number of ether oxygens (including phenoxy) is 2. The van der Waals surface area contributed by atoms with E-state index in [4.69, 9.17) is 21.1 Å². The Hall–Kier alpha value is -3.06. The fourth-order valence-electron chi connectivity index (χ4n) is 2.29. The van der Waals surface area contributed by atoms with Gasteiger partial charge in [0.1, 0.15) is 11.5 Å². The van der Waals surface area contributed by atoms with Crippen molar-refractivity contribution in [2.75, 3.05) is 24.9 Å². The summed E-state index contributed by atoms with van der Waals surface area (Å²) in [5.74, 6) is 2.28. The van der Waals surface area contributed by atoms with Crippen LogP contribution in [0.4, 0.5) is 23.1 Å². The standard InChI is InChI=1S/C18H18ClN5O2/c1-11-8-15(16(26-3)9-14(11)19)22-17-10-20-24-18(23-17)21-12-4-6-13(25-2)7-5-12/h4-10H,1-3H3,(H2,21,22,23,24). The Balaban J connectivity index is 1.80. The number of rotatable bonds is 6. The fourth-order valence-corrected chi connectivity index (χ4v) is 2.44. The quantitative estimate of drug-likeness (QED) is 0.667. The molecule has 0 spiro atoms. The first kappa shape index (κ1) is 17.8. The molecule has 7 nitrogen and oxygen atoms in total. The third-order valence-corrected chi connectivity index (χ3v) is 4.06. The van der Waals surface area contributed by atoms with Crippen molar-refractivity contribution in [3.05, 3.63) is 53.2 Å². The van der Waals surface area contributed by atoms with Gasteiger partial charge in [-0.2, -0.15) is 10.1 Å². The van der Waals surface area contributed by atoms with Crippen LogP contribution in [0.15, 0.2) is 42.6 Å². The maximum Gasteiger partial charge on any atom is 0.249 e. The van der Waals surface area contributed by atoms with Crippen molar-refractivity contribution in [3.8, 4) is 11.5 Å². The summed E-state index contributed by atoms with van der Waals surface area (Å²) in [6.45, 7) is 1.92. The number of halogens is 1. The monoisotopic (exact) mass is 371 g/mol. The summed E-state index contributed by atoms with van der Waals surface area (Å²) in [6.07, 6.45) is 1.53. The van der Waals surface area contributed by atoms with E-state index in [0.717, 1.165) is 22.7 Å². The number of nitrogens with zero attached hydrogens (tertiary/aromatic N) is 3. The van der Waals surface area contributed by atoms with Gasteiger partial charge < -0.3 is 20.1 Å². The first-order valence-corrected chi connectivity index (χ1v) is 8.19. The molecule has 0 aliphatic heterocycles. The summed E-state index contributed by atoms with van der Waals surface area (Å²) in [4.78, 5) is 4.42. The van der Waals surface area contributed by atoms with E-state index in [0.29, 0.717) is 22.5 Å². The predicted molar refractivity (Wildman–Crippen MR) is 102 cm³/mol. The van der Waals surface area contributed by atoms with Crippen LogP contribution >= 0.6 is 11.6 Å². The smallest absolute Gasteiger partial charge is 0.249 e. The Morgan fingerprint density at radius 1 is 1.00 bits per heavy atom. The van der Waals surface area contributed by atoms with Crippen molar-refractivity contribution in [1.29, 1.82) is 0 Å². The van der Waals surface area contributed by atoms with Gasteiger partial charge in [-0.3, -0.25) is 0 Å². The van der Waals surface area contributed by atoms with Gasteiger partial charge in [0.25, 0.3) is 0 Å². The highest BCUT2D eigenvalue weighted by Gasteiger charge is 2.09. The molecule has 134 valence electrons. The largest absolute Gasteiger partial charge is 0.497 e. The second-order valence-electron chi connectivity index (χ2n) is 5.45. The minimum atomic E-state index is 0.366. The van der Waals surface area contributed by atoms with Crippen LogP contribution < -0.4 is 20.1 Å². The van der Waals surface area contributed by atoms with Gasteiger partial charge in [-0.15, -0.1) is 5.10 Å². The molecule has 0 aliphatic rings. The summed E-state index contributed by atoms with van der Waals surface area (Å²) < 4.78 is 10.5. The van der Waals surface area contributed by atoms with Crippen LogP contribution in [-0.2, 0) is 0 Å². The third-order valence-electron chi connectivity index (χ3n) is 3.65. The molecule has 8 heteroatoms. The van der Waals surface area contributed by atoms with E-state index in [1.807, 2.05) is 37.3 Å². The number of anilines is 4. The van der Waals surface area contributed by atoms with Gasteiger partial charge in [0.2, 0.25) is 5.95 Å².